The highest BCUT2D eigenvalue weighted by molar-refractivity contribution is 7.03. The molecule has 3 aromatic rings. The van der Waals surface area contributed by atoms with Crippen LogP contribution >= 0.6 is 11.5 Å². The number of aromatic nitrogens is 2. The van der Waals surface area contributed by atoms with Crippen molar-refractivity contribution >= 4 is 34.8 Å². The molecule has 164 valence electrons. The normalized spacial score (nSPS) is 14.7. The fourth-order valence-corrected chi connectivity index (χ4v) is 4.45. The van der Waals surface area contributed by atoms with E-state index in [1.807, 2.05) is 30.3 Å². The molecule has 1 aliphatic rings. The van der Waals surface area contributed by atoms with Gasteiger partial charge in [-0.05, 0) is 61.1 Å². The van der Waals surface area contributed by atoms with Crippen molar-refractivity contribution in [1.82, 2.24) is 14.9 Å². The molecule has 4 rings (SSSR count). The van der Waals surface area contributed by atoms with Crippen molar-refractivity contribution in [2.45, 2.75) is 44.7 Å². The maximum Gasteiger partial charge on any atom is 0.280 e. The average Bonchev–Trinajstić information content (AvgIpc) is 3.52. The molecule has 1 aliphatic carbocycles. The summed E-state index contributed by atoms with van der Waals surface area (Å²) < 4.78 is 3.82. The summed E-state index contributed by atoms with van der Waals surface area (Å²) in [5, 5.41) is 8.64. The number of hydrogen-bond donors (Lipinski definition) is 1. The fourth-order valence-electron chi connectivity index (χ4n) is 4.02. The first-order valence-electron chi connectivity index (χ1n) is 10.6. The van der Waals surface area contributed by atoms with E-state index in [1.165, 1.54) is 11.8 Å². The van der Waals surface area contributed by atoms with Crippen LogP contribution in [0.25, 0.3) is 0 Å². The lowest BCUT2D eigenvalue weighted by Crippen LogP contribution is -2.46. The summed E-state index contributed by atoms with van der Waals surface area (Å²) in [4.78, 5) is 40.3. The summed E-state index contributed by atoms with van der Waals surface area (Å²) in [5.74, 6) is -0.739. The minimum Gasteiger partial charge on any atom is -0.351 e. The predicted octanol–water partition coefficient (Wildman–Crippen LogP) is 4.19. The number of benzene rings is 2. The largest absolute Gasteiger partial charge is 0.351 e. The van der Waals surface area contributed by atoms with Crippen molar-refractivity contribution in [2.24, 2.45) is 0 Å². The Balaban J connectivity index is 1.79. The first-order chi connectivity index (χ1) is 15.5. The average molecular weight is 449 g/mol. The number of ketones is 1. The standard InChI is InChI=1S/C24H24N4O3S/c1-16(29)17-11-13-20(14-12-17)28(24(31)21-15-32-27-26-21)22(18-7-3-2-4-8-18)23(30)25-19-9-5-6-10-19/h2-4,7-8,11-15,19,22H,5-6,9-10H2,1H3,(H,25,30)/t22-/m1/s1. The molecule has 0 spiro atoms. The highest BCUT2D eigenvalue weighted by Gasteiger charge is 2.35. The number of carbonyl (C=O) groups excluding carboxylic acids is 3. The molecule has 1 aromatic heterocycles. The number of nitrogens with zero attached hydrogens (tertiary/aromatic N) is 3. The first kappa shape index (κ1) is 21.8. The lowest BCUT2D eigenvalue weighted by molar-refractivity contribution is -0.123. The monoisotopic (exact) mass is 448 g/mol. The van der Waals surface area contributed by atoms with Gasteiger partial charge in [-0.3, -0.25) is 19.3 Å². The number of rotatable bonds is 7. The molecule has 32 heavy (non-hydrogen) atoms. The number of anilines is 1. The number of hydrogen-bond acceptors (Lipinski definition) is 6. The Bertz CT molecular complexity index is 1080. The number of nitrogens with one attached hydrogen (secondary N) is 1. The van der Waals surface area contributed by atoms with Crippen LogP contribution in [0.5, 0.6) is 0 Å². The van der Waals surface area contributed by atoms with Crippen LogP contribution in [-0.4, -0.2) is 33.2 Å². The number of amides is 2. The SMILES string of the molecule is CC(=O)c1ccc(N(C(=O)c2csnn2)[C@@H](C(=O)NC2CCCC2)c2ccccc2)cc1. The van der Waals surface area contributed by atoms with Gasteiger partial charge in [-0.15, -0.1) is 5.10 Å². The predicted molar refractivity (Wildman–Crippen MR) is 123 cm³/mol. The molecule has 0 saturated heterocycles. The van der Waals surface area contributed by atoms with Crippen molar-refractivity contribution in [2.75, 3.05) is 4.90 Å². The number of Topliss-reactive ketones (excluding diaryl/α,β-unsaturated/α-hetero) is 1. The molecular formula is C24H24N4O3S. The van der Waals surface area contributed by atoms with Crippen molar-refractivity contribution in [1.29, 1.82) is 0 Å². The highest BCUT2D eigenvalue weighted by atomic mass is 32.1. The van der Waals surface area contributed by atoms with Gasteiger partial charge in [-0.1, -0.05) is 47.7 Å². The Morgan fingerprint density at radius 3 is 2.31 bits per heavy atom. The summed E-state index contributed by atoms with van der Waals surface area (Å²) in [6.07, 6.45) is 4.04. The summed E-state index contributed by atoms with van der Waals surface area (Å²) >= 11 is 1.08. The molecule has 0 unspecified atom stereocenters. The van der Waals surface area contributed by atoms with E-state index in [2.05, 4.69) is 14.9 Å². The minimum absolute atomic E-state index is 0.0725. The van der Waals surface area contributed by atoms with E-state index in [-0.39, 0.29) is 23.4 Å². The van der Waals surface area contributed by atoms with E-state index in [9.17, 15) is 14.4 Å². The quantitative estimate of drug-likeness (QED) is 0.547. The highest BCUT2D eigenvalue weighted by Crippen LogP contribution is 2.31. The Morgan fingerprint density at radius 1 is 1.03 bits per heavy atom. The third-order valence-corrected chi connectivity index (χ3v) is 6.18. The zero-order valence-electron chi connectivity index (χ0n) is 17.7. The van der Waals surface area contributed by atoms with Gasteiger partial charge < -0.3 is 5.32 Å². The van der Waals surface area contributed by atoms with Crippen LogP contribution in [0, 0.1) is 0 Å². The van der Waals surface area contributed by atoms with Gasteiger partial charge in [0.25, 0.3) is 5.91 Å². The minimum atomic E-state index is -0.894. The molecule has 7 nitrogen and oxygen atoms in total. The Hall–Kier alpha value is -3.39. The summed E-state index contributed by atoms with van der Waals surface area (Å²) in [6, 6.07) is 15.1. The Kier molecular flexibility index (Phi) is 6.70. The maximum atomic E-state index is 13.6. The van der Waals surface area contributed by atoms with Crippen molar-refractivity contribution in [3.63, 3.8) is 0 Å². The Morgan fingerprint density at radius 2 is 1.72 bits per heavy atom. The molecule has 0 radical (unpaired) electrons. The zero-order chi connectivity index (χ0) is 22.5. The first-order valence-corrected chi connectivity index (χ1v) is 11.4. The fraction of sp³-hybridized carbons (Fsp3) is 0.292. The van der Waals surface area contributed by atoms with Crippen LogP contribution < -0.4 is 10.2 Å². The van der Waals surface area contributed by atoms with E-state index in [0.717, 1.165) is 37.2 Å². The van der Waals surface area contributed by atoms with E-state index in [4.69, 9.17) is 0 Å². The van der Waals surface area contributed by atoms with E-state index < -0.39 is 11.9 Å². The molecule has 0 bridgehead atoms. The topological polar surface area (TPSA) is 92.3 Å². The Labute approximate surface area is 190 Å². The molecule has 2 aromatic carbocycles. The molecule has 1 N–H and O–H groups in total. The third-order valence-electron chi connectivity index (χ3n) is 5.67. The van der Waals surface area contributed by atoms with Gasteiger partial charge in [0.1, 0.15) is 6.04 Å². The second-order valence-corrected chi connectivity index (χ2v) is 8.48. The van der Waals surface area contributed by atoms with E-state index in [1.54, 1.807) is 29.6 Å². The van der Waals surface area contributed by atoms with Crippen molar-refractivity contribution in [3.8, 4) is 0 Å². The summed E-state index contributed by atoms with van der Waals surface area (Å²) in [6.45, 7) is 1.49. The molecule has 8 heteroatoms. The molecule has 1 fully saturated rings. The molecule has 1 saturated carbocycles. The van der Waals surface area contributed by atoms with Gasteiger partial charge in [0.05, 0.1) is 0 Å². The number of carbonyl (C=O) groups is 3. The van der Waals surface area contributed by atoms with Crippen LogP contribution in [0.3, 0.4) is 0 Å². The lowest BCUT2D eigenvalue weighted by atomic mass is 10.0. The van der Waals surface area contributed by atoms with Gasteiger partial charge in [0, 0.05) is 22.7 Å². The summed E-state index contributed by atoms with van der Waals surface area (Å²) in [7, 11) is 0. The van der Waals surface area contributed by atoms with Gasteiger partial charge >= 0.3 is 0 Å². The second kappa shape index (κ2) is 9.82. The molecule has 1 heterocycles. The molecular weight excluding hydrogens is 424 g/mol. The van der Waals surface area contributed by atoms with Crippen molar-refractivity contribution in [3.05, 3.63) is 76.8 Å². The third kappa shape index (κ3) is 4.75. The lowest BCUT2D eigenvalue weighted by Gasteiger charge is -2.32. The molecule has 1 atom stereocenters. The van der Waals surface area contributed by atoms with Crippen LogP contribution in [0.2, 0.25) is 0 Å². The molecule has 2 amide bonds. The summed E-state index contributed by atoms with van der Waals surface area (Å²) in [5.41, 5.74) is 1.89. The second-order valence-electron chi connectivity index (χ2n) is 7.87. The van der Waals surface area contributed by atoms with Crippen LogP contribution in [0.15, 0.2) is 60.0 Å². The van der Waals surface area contributed by atoms with Gasteiger partial charge in [-0.25, -0.2) is 0 Å². The van der Waals surface area contributed by atoms with Gasteiger partial charge in [0.2, 0.25) is 5.91 Å². The maximum absolute atomic E-state index is 13.6. The van der Waals surface area contributed by atoms with E-state index in [0.29, 0.717) is 16.8 Å². The van der Waals surface area contributed by atoms with Crippen LogP contribution in [0.4, 0.5) is 5.69 Å². The smallest absolute Gasteiger partial charge is 0.280 e. The van der Waals surface area contributed by atoms with Gasteiger partial charge in [0.15, 0.2) is 11.5 Å². The zero-order valence-corrected chi connectivity index (χ0v) is 18.5. The van der Waals surface area contributed by atoms with Crippen LogP contribution in [-0.2, 0) is 4.79 Å². The molecule has 0 aliphatic heterocycles. The van der Waals surface area contributed by atoms with Crippen molar-refractivity contribution < 1.29 is 14.4 Å². The van der Waals surface area contributed by atoms with Gasteiger partial charge in [-0.2, -0.15) is 0 Å². The van der Waals surface area contributed by atoms with Crippen LogP contribution in [0.1, 0.15) is 65.1 Å². The van der Waals surface area contributed by atoms with E-state index >= 15 is 0 Å².